The topological polar surface area (TPSA) is 18.5 Å². The third-order valence-corrected chi connectivity index (χ3v) is 10.3. The Morgan fingerprint density at radius 3 is 2.00 bits per heavy atom. The van der Waals surface area contributed by atoms with Crippen molar-refractivity contribution >= 4 is 40.4 Å². The van der Waals surface area contributed by atoms with E-state index in [-0.39, 0.29) is 3.95 Å². The standard InChI is InChI=1S/C15H24Br2O2Si/c1-5-18-20(4,19-6-2)15(3,17)14-9-7-13(8-10-14)11-12-16/h7-10H,5-6,11-12H2,1-4H3. The summed E-state index contributed by atoms with van der Waals surface area (Å²) >= 11 is 7.36. The van der Waals surface area contributed by atoms with Crippen LogP contribution in [0.25, 0.3) is 0 Å². The van der Waals surface area contributed by atoms with Gasteiger partial charge < -0.3 is 8.85 Å². The van der Waals surface area contributed by atoms with Gasteiger partial charge in [0.15, 0.2) is 0 Å². The molecule has 0 bridgehead atoms. The zero-order valence-electron chi connectivity index (χ0n) is 12.7. The molecule has 0 saturated carbocycles. The molecule has 0 saturated heterocycles. The minimum Gasteiger partial charge on any atom is -0.394 e. The van der Waals surface area contributed by atoms with Crippen LogP contribution in [0.1, 0.15) is 31.9 Å². The number of rotatable bonds is 8. The summed E-state index contributed by atoms with van der Waals surface area (Å²) in [6.45, 7) is 9.67. The molecule has 1 atom stereocenters. The van der Waals surface area contributed by atoms with Gasteiger partial charge in [-0.25, -0.2) is 0 Å². The van der Waals surface area contributed by atoms with Crippen LogP contribution in [0.3, 0.4) is 0 Å². The molecule has 20 heavy (non-hydrogen) atoms. The number of aryl methyl sites for hydroxylation is 1. The predicted octanol–water partition coefficient (Wildman–Crippen LogP) is 4.92. The van der Waals surface area contributed by atoms with Crippen LogP contribution in [0.4, 0.5) is 0 Å². The van der Waals surface area contributed by atoms with E-state index in [1.165, 1.54) is 11.1 Å². The summed E-state index contributed by atoms with van der Waals surface area (Å²) in [5.41, 5.74) is 2.55. The molecule has 0 amide bonds. The highest BCUT2D eigenvalue weighted by atomic mass is 79.9. The highest BCUT2D eigenvalue weighted by Gasteiger charge is 2.50. The van der Waals surface area contributed by atoms with Crippen LogP contribution in [-0.4, -0.2) is 27.1 Å². The Bertz CT molecular complexity index is 401. The van der Waals surface area contributed by atoms with Gasteiger partial charge >= 0.3 is 8.56 Å². The van der Waals surface area contributed by atoms with Crippen molar-refractivity contribution in [1.29, 1.82) is 0 Å². The van der Waals surface area contributed by atoms with E-state index in [1.807, 2.05) is 13.8 Å². The van der Waals surface area contributed by atoms with Gasteiger partial charge in [0.1, 0.15) is 0 Å². The fourth-order valence-electron chi connectivity index (χ4n) is 2.22. The summed E-state index contributed by atoms with van der Waals surface area (Å²) in [5, 5.41) is 0.988. The van der Waals surface area contributed by atoms with E-state index in [0.717, 1.165) is 11.8 Å². The lowest BCUT2D eigenvalue weighted by Crippen LogP contribution is -2.54. The van der Waals surface area contributed by atoms with Crippen molar-refractivity contribution < 1.29 is 8.85 Å². The van der Waals surface area contributed by atoms with E-state index in [2.05, 4.69) is 69.6 Å². The minimum atomic E-state index is -2.35. The summed E-state index contributed by atoms with van der Waals surface area (Å²) in [4.78, 5) is 0. The van der Waals surface area contributed by atoms with Gasteiger partial charge in [0.05, 0.1) is 3.95 Å². The second-order valence-electron chi connectivity index (χ2n) is 4.95. The van der Waals surface area contributed by atoms with E-state index in [4.69, 9.17) is 8.85 Å². The Balaban J connectivity index is 3.05. The highest BCUT2D eigenvalue weighted by Crippen LogP contribution is 2.41. The lowest BCUT2D eigenvalue weighted by atomic mass is 10.1. The Kier molecular flexibility index (Phi) is 7.42. The first-order chi connectivity index (χ1) is 9.41. The van der Waals surface area contributed by atoms with Crippen LogP contribution in [0.5, 0.6) is 0 Å². The smallest absolute Gasteiger partial charge is 0.356 e. The van der Waals surface area contributed by atoms with Crippen molar-refractivity contribution in [3.63, 3.8) is 0 Å². The molecule has 2 nitrogen and oxygen atoms in total. The Morgan fingerprint density at radius 2 is 1.60 bits per heavy atom. The molecule has 0 aliphatic rings. The van der Waals surface area contributed by atoms with Gasteiger partial charge in [-0.3, -0.25) is 0 Å². The fourth-order valence-corrected chi connectivity index (χ4v) is 6.05. The molecular formula is C15H24Br2O2Si. The number of hydrogen-bond donors (Lipinski definition) is 0. The lowest BCUT2D eigenvalue weighted by Gasteiger charge is -2.39. The first-order valence-corrected chi connectivity index (χ1v) is 11.3. The van der Waals surface area contributed by atoms with E-state index < -0.39 is 8.56 Å². The largest absolute Gasteiger partial charge is 0.394 e. The number of benzene rings is 1. The van der Waals surface area contributed by atoms with Crippen LogP contribution < -0.4 is 0 Å². The van der Waals surface area contributed by atoms with E-state index in [1.54, 1.807) is 0 Å². The van der Waals surface area contributed by atoms with Crippen LogP contribution >= 0.6 is 31.9 Å². The lowest BCUT2D eigenvalue weighted by molar-refractivity contribution is 0.178. The van der Waals surface area contributed by atoms with Crippen molar-refractivity contribution in [1.82, 2.24) is 0 Å². The summed E-state index contributed by atoms with van der Waals surface area (Å²) in [7, 11) is -2.35. The Hall–Kier alpha value is 0.317. The molecule has 0 radical (unpaired) electrons. The molecule has 0 fully saturated rings. The molecule has 1 aromatic rings. The second kappa shape index (κ2) is 8.08. The third-order valence-electron chi connectivity index (χ3n) is 3.57. The normalized spacial score (nSPS) is 15.1. The molecular weight excluding hydrogens is 400 g/mol. The second-order valence-corrected chi connectivity index (χ2v) is 11.5. The summed E-state index contributed by atoms with van der Waals surface area (Å²) < 4.78 is 11.8. The molecule has 0 N–H and O–H groups in total. The van der Waals surface area contributed by atoms with Gasteiger partial charge in [0.25, 0.3) is 0 Å². The van der Waals surface area contributed by atoms with Crippen LogP contribution in [0.2, 0.25) is 6.55 Å². The van der Waals surface area contributed by atoms with Gasteiger partial charge in [-0.1, -0.05) is 56.1 Å². The molecule has 0 spiro atoms. The van der Waals surface area contributed by atoms with Gasteiger partial charge in [-0.05, 0) is 44.9 Å². The van der Waals surface area contributed by atoms with Crippen LogP contribution in [0.15, 0.2) is 24.3 Å². The molecule has 1 rings (SSSR count). The van der Waals surface area contributed by atoms with Crippen molar-refractivity contribution in [2.24, 2.45) is 0 Å². The number of alkyl halides is 2. The maximum Gasteiger partial charge on any atom is 0.356 e. The summed E-state index contributed by atoms with van der Waals surface area (Å²) in [5.74, 6) is 0. The van der Waals surface area contributed by atoms with Crippen LogP contribution in [-0.2, 0) is 19.2 Å². The van der Waals surface area contributed by atoms with Gasteiger partial charge in [0.2, 0.25) is 0 Å². The summed E-state index contributed by atoms with van der Waals surface area (Å²) in [6, 6.07) is 8.72. The third kappa shape index (κ3) is 4.16. The van der Waals surface area contributed by atoms with E-state index in [0.29, 0.717) is 13.2 Å². The predicted molar refractivity (Wildman–Crippen MR) is 95.1 cm³/mol. The molecule has 0 aromatic heterocycles. The number of hydrogen-bond acceptors (Lipinski definition) is 2. The van der Waals surface area contributed by atoms with Crippen molar-refractivity contribution in [2.75, 3.05) is 18.5 Å². The maximum absolute atomic E-state index is 6.03. The van der Waals surface area contributed by atoms with E-state index >= 15 is 0 Å². The zero-order valence-corrected chi connectivity index (χ0v) is 16.9. The van der Waals surface area contributed by atoms with Gasteiger partial charge in [-0.15, -0.1) is 0 Å². The molecule has 0 aliphatic heterocycles. The molecule has 0 heterocycles. The fraction of sp³-hybridized carbons (Fsp3) is 0.600. The summed E-state index contributed by atoms with van der Waals surface area (Å²) in [6.07, 6.45) is 1.05. The monoisotopic (exact) mass is 422 g/mol. The molecule has 1 aromatic carbocycles. The average molecular weight is 424 g/mol. The first kappa shape index (κ1) is 18.4. The van der Waals surface area contributed by atoms with E-state index in [9.17, 15) is 0 Å². The average Bonchev–Trinajstić information content (AvgIpc) is 2.40. The molecule has 114 valence electrons. The molecule has 0 aliphatic carbocycles. The molecule has 1 unspecified atom stereocenters. The van der Waals surface area contributed by atoms with Crippen molar-refractivity contribution in [3.05, 3.63) is 35.4 Å². The zero-order chi connectivity index (χ0) is 15.2. The Labute approximate surface area is 140 Å². The quantitative estimate of drug-likeness (QED) is 0.436. The molecule has 5 heteroatoms. The van der Waals surface area contributed by atoms with Crippen LogP contribution in [0, 0.1) is 0 Å². The number of halogens is 2. The Morgan fingerprint density at radius 1 is 1.10 bits per heavy atom. The SMILES string of the molecule is CCO[Si](C)(OCC)C(C)(Br)c1ccc(CCBr)cc1. The maximum atomic E-state index is 6.03. The minimum absolute atomic E-state index is 0.265. The first-order valence-electron chi connectivity index (χ1n) is 7.03. The van der Waals surface area contributed by atoms with Crippen molar-refractivity contribution in [3.8, 4) is 0 Å². The van der Waals surface area contributed by atoms with Crippen molar-refractivity contribution in [2.45, 2.75) is 37.7 Å². The van der Waals surface area contributed by atoms with Gasteiger partial charge in [-0.2, -0.15) is 0 Å². The van der Waals surface area contributed by atoms with Gasteiger partial charge in [0, 0.05) is 18.5 Å². The highest BCUT2D eigenvalue weighted by molar-refractivity contribution is 9.10.